The van der Waals surface area contributed by atoms with Crippen molar-refractivity contribution >= 4 is 16.7 Å². The molecule has 0 aliphatic heterocycles. The molecule has 0 spiro atoms. The Morgan fingerprint density at radius 2 is 1.52 bits per heavy atom. The number of fused-ring (bicyclic) bond motifs is 1. The zero-order chi connectivity index (χ0) is 23.0. The predicted molar refractivity (Wildman–Crippen MR) is 134 cm³/mol. The van der Waals surface area contributed by atoms with Crippen LogP contribution < -0.4 is 4.74 Å². The highest BCUT2D eigenvalue weighted by Gasteiger charge is 2.17. The van der Waals surface area contributed by atoms with E-state index in [1.54, 1.807) is 7.11 Å². The Balaban J connectivity index is 1.65. The number of carbonyl (C=O) groups excluding carboxylic acids is 1. The van der Waals surface area contributed by atoms with Gasteiger partial charge in [0, 0.05) is 5.92 Å². The van der Waals surface area contributed by atoms with Crippen molar-refractivity contribution in [3.05, 3.63) is 113 Å². The molecule has 0 unspecified atom stereocenters. The predicted octanol–water partition coefficient (Wildman–Crippen LogP) is 7.18. The molecule has 0 bridgehead atoms. The van der Waals surface area contributed by atoms with E-state index in [9.17, 15) is 4.79 Å². The normalized spacial score (nSPS) is 11.8. The molecule has 1 atom stereocenters. The van der Waals surface area contributed by atoms with Crippen LogP contribution in [0.25, 0.3) is 10.8 Å². The molecule has 33 heavy (non-hydrogen) atoms. The summed E-state index contributed by atoms with van der Waals surface area (Å²) in [7, 11) is 1.69. The lowest BCUT2D eigenvalue weighted by atomic mass is 9.85. The molecule has 4 rings (SSSR count). The maximum atomic E-state index is 12.3. The summed E-state index contributed by atoms with van der Waals surface area (Å²) in [5.41, 5.74) is 4.30. The third-order valence-electron chi connectivity index (χ3n) is 6.04. The first-order valence-electron chi connectivity index (χ1n) is 11.6. The van der Waals surface area contributed by atoms with Crippen LogP contribution in [-0.4, -0.2) is 19.7 Å². The summed E-state index contributed by atoms with van der Waals surface area (Å²) in [6, 6.07) is 31.2. The maximum absolute atomic E-state index is 12.3. The van der Waals surface area contributed by atoms with Crippen molar-refractivity contribution in [3.63, 3.8) is 0 Å². The Morgan fingerprint density at radius 3 is 2.24 bits per heavy atom. The van der Waals surface area contributed by atoms with Gasteiger partial charge in [-0.05, 0) is 64.6 Å². The number of ether oxygens (including phenoxy) is 2. The fraction of sp³-hybridized carbons (Fsp3) is 0.233. The molecule has 0 saturated carbocycles. The van der Waals surface area contributed by atoms with Gasteiger partial charge in [0.2, 0.25) is 0 Å². The van der Waals surface area contributed by atoms with Crippen molar-refractivity contribution in [2.24, 2.45) is 0 Å². The van der Waals surface area contributed by atoms with Gasteiger partial charge in [-0.1, -0.05) is 80.1 Å². The lowest BCUT2D eigenvalue weighted by molar-refractivity contribution is 0.0499. The van der Waals surface area contributed by atoms with Crippen LogP contribution in [0.1, 0.15) is 52.7 Å². The van der Waals surface area contributed by atoms with E-state index in [4.69, 9.17) is 9.47 Å². The van der Waals surface area contributed by atoms with E-state index < -0.39 is 0 Å². The summed E-state index contributed by atoms with van der Waals surface area (Å²) in [5, 5.41) is 2.34. The van der Waals surface area contributed by atoms with E-state index in [0.717, 1.165) is 30.4 Å². The number of unbranched alkanes of at least 4 members (excludes halogenated alkanes) is 1. The fourth-order valence-corrected chi connectivity index (χ4v) is 4.11. The minimum absolute atomic E-state index is 0.170. The molecule has 168 valence electrons. The van der Waals surface area contributed by atoms with Gasteiger partial charge in [-0.25, -0.2) is 4.79 Å². The Morgan fingerprint density at radius 1 is 0.818 bits per heavy atom. The Labute approximate surface area is 196 Å². The van der Waals surface area contributed by atoms with E-state index in [1.165, 1.54) is 22.1 Å². The minimum atomic E-state index is -0.255. The second-order valence-electron chi connectivity index (χ2n) is 8.33. The lowest BCUT2D eigenvalue weighted by Gasteiger charge is -2.20. The van der Waals surface area contributed by atoms with Gasteiger partial charge in [-0.3, -0.25) is 0 Å². The molecule has 0 heterocycles. The first-order chi connectivity index (χ1) is 16.2. The molecule has 0 N–H and O–H groups in total. The molecular formula is C30H30O3. The summed E-state index contributed by atoms with van der Waals surface area (Å²) in [4.78, 5) is 12.3. The van der Waals surface area contributed by atoms with Crippen LogP contribution in [0.2, 0.25) is 0 Å². The maximum Gasteiger partial charge on any atom is 0.338 e. The third-order valence-corrected chi connectivity index (χ3v) is 6.04. The van der Waals surface area contributed by atoms with Gasteiger partial charge in [0.15, 0.2) is 0 Å². The highest BCUT2D eigenvalue weighted by atomic mass is 16.5. The molecule has 0 radical (unpaired) electrons. The van der Waals surface area contributed by atoms with Crippen LogP contribution in [0.4, 0.5) is 0 Å². The van der Waals surface area contributed by atoms with Crippen molar-refractivity contribution in [1.29, 1.82) is 0 Å². The highest BCUT2D eigenvalue weighted by Crippen LogP contribution is 2.32. The summed E-state index contributed by atoms with van der Waals surface area (Å²) < 4.78 is 10.7. The second-order valence-corrected chi connectivity index (χ2v) is 8.33. The number of methoxy groups -OCH3 is 1. The molecule has 0 fully saturated rings. The third kappa shape index (κ3) is 5.61. The standard InChI is InChI=1S/C30H30O3/c1-3-4-18-33-30(31)24-12-10-23(11-13-24)29(19-22-8-6-5-7-9-22)27-15-14-26-21-28(32-2)17-16-25(26)20-27/h5-17,20-21,29H,3-4,18-19H2,1-2H3/t29-/m1/s1. The number of hydrogen-bond donors (Lipinski definition) is 0. The molecule has 4 aromatic carbocycles. The molecule has 0 amide bonds. The van der Waals surface area contributed by atoms with Gasteiger partial charge in [-0.2, -0.15) is 0 Å². The van der Waals surface area contributed by atoms with E-state index in [2.05, 4.69) is 73.7 Å². The van der Waals surface area contributed by atoms with Gasteiger partial charge < -0.3 is 9.47 Å². The van der Waals surface area contributed by atoms with Crippen molar-refractivity contribution in [2.45, 2.75) is 32.1 Å². The minimum Gasteiger partial charge on any atom is -0.497 e. The summed E-state index contributed by atoms with van der Waals surface area (Å²) >= 11 is 0. The van der Waals surface area contributed by atoms with Crippen LogP contribution in [0.3, 0.4) is 0 Å². The smallest absolute Gasteiger partial charge is 0.338 e. The monoisotopic (exact) mass is 438 g/mol. The number of benzene rings is 4. The zero-order valence-electron chi connectivity index (χ0n) is 19.3. The van der Waals surface area contributed by atoms with Crippen molar-refractivity contribution in [1.82, 2.24) is 0 Å². The Hall–Kier alpha value is -3.59. The number of esters is 1. The van der Waals surface area contributed by atoms with Crippen LogP contribution in [0, 0.1) is 0 Å². The van der Waals surface area contributed by atoms with Crippen molar-refractivity contribution < 1.29 is 14.3 Å². The summed E-state index contributed by atoms with van der Waals surface area (Å²) in [5.74, 6) is 0.774. The molecule has 3 heteroatoms. The zero-order valence-corrected chi connectivity index (χ0v) is 19.3. The largest absolute Gasteiger partial charge is 0.497 e. The molecule has 4 aromatic rings. The van der Waals surface area contributed by atoms with Gasteiger partial charge in [0.25, 0.3) is 0 Å². The van der Waals surface area contributed by atoms with Gasteiger partial charge in [-0.15, -0.1) is 0 Å². The Bertz CT molecular complexity index is 1200. The molecular weight excluding hydrogens is 408 g/mol. The topological polar surface area (TPSA) is 35.5 Å². The van der Waals surface area contributed by atoms with E-state index in [1.807, 2.05) is 24.3 Å². The molecule has 0 saturated heterocycles. The SMILES string of the molecule is CCCCOC(=O)c1ccc([C@@H](Cc2ccccc2)c2ccc3cc(OC)ccc3c2)cc1. The Kier molecular flexibility index (Phi) is 7.41. The molecule has 3 nitrogen and oxygen atoms in total. The molecule has 0 aliphatic rings. The van der Waals surface area contributed by atoms with Crippen molar-refractivity contribution in [3.8, 4) is 5.75 Å². The fourth-order valence-electron chi connectivity index (χ4n) is 4.11. The average Bonchev–Trinajstić information content (AvgIpc) is 2.87. The summed E-state index contributed by atoms with van der Waals surface area (Å²) in [6.45, 7) is 2.55. The number of hydrogen-bond acceptors (Lipinski definition) is 3. The highest BCUT2D eigenvalue weighted by molar-refractivity contribution is 5.89. The van der Waals surface area contributed by atoms with Gasteiger partial charge in [0.05, 0.1) is 19.3 Å². The van der Waals surface area contributed by atoms with Crippen LogP contribution in [0.5, 0.6) is 5.75 Å². The quantitative estimate of drug-likeness (QED) is 0.205. The van der Waals surface area contributed by atoms with Gasteiger partial charge >= 0.3 is 5.97 Å². The van der Waals surface area contributed by atoms with E-state index >= 15 is 0 Å². The van der Waals surface area contributed by atoms with Crippen LogP contribution in [-0.2, 0) is 11.2 Å². The van der Waals surface area contributed by atoms with E-state index in [0.29, 0.717) is 12.2 Å². The average molecular weight is 439 g/mol. The lowest BCUT2D eigenvalue weighted by Crippen LogP contribution is -2.08. The second kappa shape index (κ2) is 10.8. The first kappa shape index (κ1) is 22.6. The molecule has 0 aliphatic carbocycles. The van der Waals surface area contributed by atoms with Crippen molar-refractivity contribution in [2.75, 3.05) is 13.7 Å². The van der Waals surface area contributed by atoms with Gasteiger partial charge in [0.1, 0.15) is 5.75 Å². The summed E-state index contributed by atoms with van der Waals surface area (Å²) in [6.07, 6.45) is 2.77. The van der Waals surface area contributed by atoms with Crippen LogP contribution in [0.15, 0.2) is 91.0 Å². The molecule has 0 aromatic heterocycles. The number of rotatable bonds is 9. The van der Waals surface area contributed by atoms with E-state index in [-0.39, 0.29) is 11.9 Å². The first-order valence-corrected chi connectivity index (χ1v) is 11.6. The van der Waals surface area contributed by atoms with Crippen LogP contribution >= 0.6 is 0 Å². The number of carbonyl (C=O) groups is 1.